The first-order chi connectivity index (χ1) is 39.4. The lowest BCUT2D eigenvalue weighted by atomic mass is 9.85. The predicted octanol–water partition coefficient (Wildman–Crippen LogP) is 5.02. The topological polar surface area (TPSA) is 267 Å². The van der Waals surface area contributed by atoms with Crippen molar-refractivity contribution in [1.29, 1.82) is 0 Å². The number of carbonyl (C=O) groups excluding carboxylic acids is 8. The smallest absolute Gasteiger partial charge is 0.251 e. The van der Waals surface area contributed by atoms with Gasteiger partial charge in [-0.3, -0.25) is 33.6 Å². The minimum absolute atomic E-state index is 0.00325. The van der Waals surface area contributed by atoms with Crippen LogP contribution >= 0.6 is 0 Å². The van der Waals surface area contributed by atoms with Crippen LogP contribution in [0.25, 0.3) is 0 Å². The normalized spacial score (nSPS) is 17.1. The average molecular weight is 1140 g/mol. The van der Waals surface area contributed by atoms with Crippen LogP contribution in [0.15, 0.2) is 133 Å². The van der Waals surface area contributed by atoms with Crippen molar-refractivity contribution < 1.29 is 38.4 Å². The molecule has 0 aromatic heterocycles. The van der Waals surface area contributed by atoms with Gasteiger partial charge in [0.05, 0.1) is 19.1 Å². The lowest BCUT2D eigenvalue weighted by Gasteiger charge is -2.35. The van der Waals surface area contributed by atoms with E-state index in [1.807, 2.05) is 20.8 Å². The van der Waals surface area contributed by atoms with Gasteiger partial charge in [0.1, 0.15) is 24.4 Å². The van der Waals surface area contributed by atoms with Crippen LogP contribution in [-0.4, -0.2) is 141 Å². The van der Waals surface area contributed by atoms with Gasteiger partial charge in [0.15, 0.2) is 0 Å². The molecule has 2 fully saturated rings. The molecule has 6 unspecified atom stereocenters. The lowest BCUT2D eigenvalue weighted by Crippen LogP contribution is -2.58. The molecule has 0 aliphatic carbocycles. The van der Waals surface area contributed by atoms with Crippen LogP contribution in [0.4, 0.5) is 0 Å². The number of nitrogens with zero attached hydrogens (tertiary/aromatic N) is 2. The summed E-state index contributed by atoms with van der Waals surface area (Å²) < 4.78 is 0. The largest absolute Gasteiger partial charge is 0.368 e. The number of rotatable bonds is 18. The molecule has 0 spiro atoms. The molecule has 6 atom stereocenters. The van der Waals surface area contributed by atoms with Crippen LogP contribution < -0.4 is 43.4 Å². The fraction of sp³-hybridized carbons (Fsp3) is 0.415. The Morgan fingerprint density at radius 1 is 0.530 bits per heavy atom. The summed E-state index contributed by atoms with van der Waals surface area (Å²) in [6.07, 6.45) is 2.98. The van der Waals surface area contributed by atoms with E-state index in [4.69, 9.17) is 5.73 Å². The van der Waals surface area contributed by atoms with Gasteiger partial charge in [0.25, 0.3) is 11.8 Å². The fourth-order valence-corrected chi connectivity index (χ4v) is 9.57. The first kappa shape index (κ1) is 67.4. The molecule has 2 aliphatic heterocycles. The van der Waals surface area contributed by atoms with Crippen molar-refractivity contribution in [3.8, 4) is 0 Å². The number of benzene rings is 5. The molecule has 2 heterocycles. The molecule has 5 aromatic rings. The van der Waals surface area contributed by atoms with Crippen molar-refractivity contribution in [3.63, 3.8) is 0 Å². The van der Waals surface area contributed by atoms with Crippen molar-refractivity contribution in [3.05, 3.63) is 178 Å². The number of likely N-dealkylation sites (N-methyl/N-ethyl adjacent to an activating group) is 2. The maximum Gasteiger partial charge on any atom is 0.251 e. The highest BCUT2D eigenvalue weighted by molar-refractivity contribution is 5.99. The van der Waals surface area contributed by atoms with Gasteiger partial charge in [-0.1, -0.05) is 162 Å². The van der Waals surface area contributed by atoms with Crippen molar-refractivity contribution in [1.82, 2.24) is 41.7 Å². The third-order valence-electron chi connectivity index (χ3n) is 14.0. The van der Waals surface area contributed by atoms with Crippen molar-refractivity contribution in [2.75, 3.05) is 47.3 Å². The SMILES string of the molecule is CN.CNCC(=O)NC(C(=O)N1CC(NC(=O)c2ccc(C(=O)NC3CC(C(N)=O)N(C(=O)C(NC(=O)CNC)C(C)(C)C)C3)cc2)CC1C=O)C(C)(C)C.Cc1ccc(Cc2ccccc2)cc1.Cc1ccc(Cc2ccccc2)cc1. The lowest BCUT2D eigenvalue weighted by molar-refractivity contribution is -0.143. The van der Waals surface area contributed by atoms with Crippen molar-refractivity contribution in [2.24, 2.45) is 22.3 Å². The van der Waals surface area contributed by atoms with Crippen LogP contribution in [0.2, 0.25) is 0 Å². The Morgan fingerprint density at radius 2 is 0.880 bits per heavy atom. The first-order valence-corrected chi connectivity index (χ1v) is 28.1. The highest BCUT2D eigenvalue weighted by atomic mass is 16.2. The van der Waals surface area contributed by atoms with Crippen LogP contribution in [0.3, 0.4) is 0 Å². The third kappa shape index (κ3) is 21.3. The maximum atomic E-state index is 13.7. The summed E-state index contributed by atoms with van der Waals surface area (Å²) in [6, 6.07) is 39.6. The Labute approximate surface area is 490 Å². The number of nitrogens with two attached hydrogens (primary N) is 2. The van der Waals surface area contributed by atoms with Gasteiger partial charge in [-0.25, -0.2) is 0 Å². The van der Waals surface area contributed by atoms with E-state index in [-0.39, 0.29) is 62.0 Å². The molecule has 0 radical (unpaired) electrons. The first-order valence-electron chi connectivity index (χ1n) is 28.1. The van der Waals surface area contributed by atoms with E-state index in [0.29, 0.717) is 6.29 Å². The molecule has 18 heteroatoms. The Kier molecular flexibility index (Phi) is 26.4. The zero-order valence-electron chi connectivity index (χ0n) is 50.2. The summed E-state index contributed by atoms with van der Waals surface area (Å²) in [4.78, 5) is 105. The number of carbonyl (C=O) groups is 8. The van der Waals surface area contributed by atoms with Crippen LogP contribution in [-0.2, 0) is 41.6 Å². The Bertz CT molecular complexity index is 2810. The summed E-state index contributed by atoms with van der Waals surface area (Å²) in [6.45, 7) is 15.1. The minimum Gasteiger partial charge on any atom is -0.368 e. The standard InChI is InChI=1S/C36H55N9O8.2C14H14.CH5N/c1-35(2,3)28(42-26(47)15-38-7)33(52)44-17-22(13-24(44)19-46)40-31(50)20-9-11-21(12-10-20)32(51)41-23-14-25(30(37)49)45(18-23)34(53)29(36(4,5)6)43-27(48)16-39-8;2*1-12-7-9-14(10-8-12)11-13-5-3-2-4-6-13;1-2/h9-12,19,22-25,28-29,38-39H,13-18H2,1-8H3,(H2,37,49)(H,40,50)(H,41,51)(H,42,47)(H,43,48);2*2-10H,11H2,1H3;2H2,1H3. The average Bonchev–Trinajstić information content (AvgIpc) is 4.29. The molecule has 0 bridgehead atoms. The maximum absolute atomic E-state index is 13.7. The number of aryl methyl sites for hydroxylation is 2. The van der Waals surface area contributed by atoms with Crippen molar-refractivity contribution in [2.45, 2.75) is 117 Å². The number of aldehydes is 1. The van der Waals surface area contributed by atoms with Gasteiger partial charge >= 0.3 is 0 Å². The number of amides is 7. The molecule has 83 heavy (non-hydrogen) atoms. The summed E-state index contributed by atoms with van der Waals surface area (Å²) in [7, 11) is 4.72. The van der Waals surface area contributed by atoms with E-state index in [9.17, 15) is 38.4 Å². The second-order valence-electron chi connectivity index (χ2n) is 23.1. The van der Waals surface area contributed by atoms with Crippen LogP contribution in [0.5, 0.6) is 0 Å². The molecule has 0 saturated carbocycles. The Balaban J connectivity index is 0.000000392. The van der Waals surface area contributed by atoms with Crippen LogP contribution in [0, 0.1) is 24.7 Å². The Hall–Kier alpha value is -8.06. The van der Waals surface area contributed by atoms with Gasteiger partial charge in [-0.05, 0) is 118 Å². The highest BCUT2D eigenvalue weighted by Crippen LogP contribution is 2.28. The number of nitrogens with one attached hydrogen (secondary N) is 6. The van der Waals surface area contributed by atoms with E-state index in [1.165, 1.54) is 74.5 Å². The van der Waals surface area contributed by atoms with Gasteiger partial charge in [0, 0.05) is 36.3 Å². The Morgan fingerprint density at radius 3 is 1.23 bits per heavy atom. The molecule has 446 valence electrons. The zero-order valence-corrected chi connectivity index (χ0v) is 50.2. The number of likely N-dealkylation sites (tertiary alicyclic amines) is 2. The molecule has 10 N–H and O–H groups in total. The summed E-state index contributed by atoms with van der Waals surface area (Å²) >= 11 is 0. The predicted molar refractivity (Wildman–Crippen MR) is 326 cm³/mol. The molecule has 2 saturated heterocycles. The van der Waals surface area contributed by atoms with Gasteiger partial charge in [-0.2, -0.15) is 0 Å². The van der Waals surface area contributed by atoms with Gasteiger partial charge in [-0.15, -0.1) is 0 Å². The van der Waals surface area contributed by atoms with Gasteiger partial charge in [0.2, 0.25) is 29.5 Å². The summed E-state index contributed by atoms with van der Waals surface area (Å²) in [5, 5.41) is 16.7. The monoisotopic (exact) mass is 1140 g/mol. The van der Waals surface area contributed by atoms with Gasteiger partial charge < -0.3 is 58.0 Å². The fourth-order valence-electron chi connectivity index (χ4n) is 9.57. The second kappa shape index (κ2) is 32.5. The van der Waals surface area contributed by atoms with E-state index in [2.05, 4.69) is 161 Å². The third-order valence-corrected chi connectivity index (χ3v) is 14.0. The van der Waals surface area contributed by atoms with E-state index in [0.717, 1.165) is 12.8 Å². The number of primary amides is 1. The zero-order chi connectivity index (χ0) is 61.4. The molecule has 7 rings (SSSR count). The molecular formula is C65H88N10O8. The second-order valence-corrected chi connectivity index (χ2v) is 23.1. The minimum atomic E-state index is -0.998. The molecule has 5 aromatic carbocycles. The summed E-state index contributed by atoms with van der Waals surface area (Å²) in [5.74, 6) is -3.37. The molecular weight excluding hydrogens is 1050 g/mol. The van der Waals surface area contributed by atoms with Crippen LogP contribution in [0.1, 0.15) is 108 Å². The summed E-state index contributed by atoms with van der Waals surface area (Å²) in [5.41, 5.74) is 17.4. The molecule has 18 nitrogen and oxygen atoms in total. The van der Waals surface area contributed by atoms with E-state index in [1.54, 1.807) is 34.9 Å². The highest BCUT2D eigenvalue weighted by Gasteiger charge is 2.45. The van der Waals surface area contributed by atoms with E-state index < -0.39 is 76.6 Å². The van der Waals surface area contributed by atoms with E-state index >= 15 is 0 Å². The number of hydrogen-bond donors (Lipinski definition) is 8. The number of hydrogen-bond acceptors (Lipinski definition) is 11. The molecule has 2 aliphatic rings. The quantitative estimate of drug-likeness (QED) is 0.0541. The van der Waals surface area contributed by atoms with Crippen molar-refractivity contribution >= 4 is 47.6 Å². The molecule has 7 amide bonds.